The van der Waals surface area contributed by atoms with E-state index in [0.717, 1.165) is 29.5 Å². The number of nitrogens with zero attached hydrogens (tertiary/aromatic N) is 2. The molecule has 2 aromatic rings. The maximum absolute atomic E-state index is 5.95. The highest BCUT2D eigenvalue weighted by molar-refractivity contribution is 6.20. The summed E-state index contributed by atoms with van der Waals surface area (Å²) in [5.74, 6) is 3.21. The van der Waals surface area contributed by atoms with Crippen LogP contribution in [-0.2, 0) is 0 Å². The number of unbranched alkanes of at least 4 members (excludes halogenated alkanes) is 2. The van der Waals surface area contributed by atoms with E-state index < -0.39 is 0 Å². The molecule has 1 aromatic heterocycles. The molecule has 1 aliphatic rings. The van der Waals surface area contributed by atoms with Crippen molar-refractivity contribution in [3.05, 3.63) is 42.2 Å². The molecule has 0 amide bonds. The van der Waals surface area contributed by atoms with E-state index in [-0.39, 0.29) is 5.38 Å². The normalized spacial score (nSPS) is 20.4. The SMILES string of the molecule is CCCCCC1CCC(c2cnc(-c3ccc(OCCC(C)Cl)cc3)nc2)CC1. The van der Waals surface area contributed by atoms with E-state index in [1.165, 1.54) is 56.9 Å². The van der Waals surface area contributed by atoms with Gasteiger partial charge in [0.2, 0.25) is 0 Å². The lowest BCUT2D eigenvalue weighted by Gasteiger charge is -2.28. The summed E-state index contributed by atoms with van der Waals surface area (Å²) in [6.07, 6.45) is 15.7. The molecular formula is C25H35ClN2O. The van der Waals surface area contributed by atoms with Gasteiger partial charge in [-0.15, -0.1) is 11.6 Å². The van der Waals surface area contributed by atoms with E-state index in [1.54, 1.807) is 0 Å². The summed E-state index contributed by atoms with van der Waals surface area (Å²) in [4.78, 5) is 9.30. The molecule has 0 spiro atoms. The molecule has 1 fully saturated rings. The third kappa shape index (κ3) is 6.99. The van der Waals surface area contributed by atoms with Crippen molar-refractivity contribution < 1.29 is 4.74 Å². The summed E-state index contributed by atoms with van der Waals surface area (Å²) >= 11 is 5.95. The first-order valence-corrected chi connectivity index (χ1v) is 11.8. The fourth-order valence-electron chi connectivity index (χ4n) is 4.20. The van der Waals surface area contributed by atoms with Crippen LogP contribution in [-0.4, -0.2) is 22.0 Å². The number of hydrogen-bond acceptors (Lipinski definition) is 3. The Kier molecular flexibility index (Phi) is 8.79. The lowest BCUT2D eigenvalue weighted by atomic mass is 9.77. The number of rotatable bonds is 10. The Labute approximate surface area is 181 Å². The molecule has 1 aliphatic carbocycles. The zero-order valence-electron chi connectivity index (χ0n) is 17.9. The van der Waals surface area contributed by atoms with E-state index in [2.05, 4.69) is 16.9 Å². The fourth-order valence-corrected chi connectivity index (χ4v) is 4.29. The van der Waals surface area contributed by atoms with Gasteiger partial charge in [0.05, 0.1) is 6.61 Å². The smallest absolute Gasteiger partial charge is 0.159 e. The van der Waals surface area contributed by atoms with Crippen molar-refractivity contribution in [3.8, 4) is 17.1 Å². The van der Waals surface area contributed by atoms with Gasteiger partial charge < -0.3 is 4.74 Å². The highest BCUT2D eigenvalue weighted by Gasteiger charge is 2.22. The minimum absolute atomic E-state index is 0.136. The molecule has 0 N–H and O–H groups in total. The van der Waals surface area contributed by atoms with Crippen LogP contribution in [0, 0.1) is 5.92 Å². The van der Waals surface area contributed by atoms with E-state index in [0.29, 0.717) is 12.5 Å². The van der Waals surface area contributed by atoms with Crippen molar-refractivity contribution in [1.82, 2.24) is 9.97 Å². The maximum atomic E-state index is 5.95. The van der Waals surface area contributed by atoms with Crippen LogP contribution in [0.3, 0.4) is 0 Å². The second-order valence-corrected chi connectivity index (χ2v) is 9.24. The number of alkyl halides is 1. The van der Waals surface area contributed by atoms with Crippen molar-refractivity contribution in [1.29, 1.82) is 0 Å². The zero-order valence-corrected chi connectivity index (χ0v) is 18.7. The van der Waals surface area contributed by atoms with Gasteiger partial charge in [-0.1, -0.05) is 32.6 Å². The van der Waals surface area contributed by atoms with Crippen LogP contribution < -0.4 is 4.74 Å². The molecule has 29 heavy (non-hydrogen) atoms. The van der Waals surface area contributed by atoms with E-state index in [9.17, 15) is 0 Å². The third-order valence-corrected chi connectivity index (χ3v) is 6.32. The minimum Gasteiger partial charge on any atom is -0.494 e. The fraction of sp³-hybridized carbons (Fsp3) is 0.600. The standard InChI is InChI=1S/C25H35ClN2O/c1-3-4-5-6-20-7-9-21(10-8-20)23-17-27-25(28-18-23)22-11-13-24(14-12-22)29-16-15-19(2)26/h11-14,17-21H,3-10,15-16H2,1-2H3. The summed E-state index contributed by atoms with van der Waals surface area (Å²) < 4.78 is 5.72. The average Bonchev–Trinajstić information content (AvgIpc) is 2.75. The second kappa shape index (κ2) is 11.5. The summed E-state index contributed by atoms with van der Waals surface area (Å²) in [5.41, 5.74) is 2.32. The van der Waals surface area contributed by atoms with Crippen molar-refractivity contribution in [2.24, 2.45) is 5.92 Å². The molecule has 3 rings (SSSR count). The topological polar surface area (TPSA) is 35.0 Å². The van der Waals surface area contributed by atoms with E-state index in [1.807, 2.05) is 43.6 Å². The van der Waals surface area contributed by atoms with Gasteiger partial charge in [0.1, 0.15) is 5.75 Å². The van der Waals surface area contributed by atoms with Crippen molar-refractivity contribution >= 4 is 11.6 Å². The Morgan fingerprint density at radius 1 is 1.03 bits per heavy atom. The van der Waals surface area contributed by atoms with Crippen LogP contribution in [0.4, 0.5) is 0 Å². The number of hydrogen-bond donors (Lipinski definition) is 0. The molecule has 3 nitrogen and oxygen atoms in total. The van der Waals surface area contributed by atoms with Crippen molar-refractivity contribution in [2.75, 3.05) is 6.61 Å². The van der Waals surface area contributed by atoms with E-state index >= 15 is 0 Å². The Morgan fingerprint density at radius 2 is 1.72 bits per heavy atom. The van der Waals surface area contributed by atoms with Crippen LogP contribution >= 0.6 is 11.6 Å². The Balaban J connectivity index is 1.50. The first kappa shape index (κ1) is 22.1. The van der Waals surface area contributed by atoms with Crippen LogP contribution in [0.1, 0.15) is 83.1 Å². The maximum Gasteiger partial charge on any atom is 0.159 e. The largest absolute Gasteiger partial charge is 0.494 e. The van der Waals surface area contributed by atoms with E-state index in [4.69, 9.17) is 16.3 Å². The van der Waals surface area contributed by atoms with Crippen molar-refractivity contribution in [2.45, 2.75) is 82.9 Å². The van der Waals surface area contributed by atoms with Gasteiger partial charge in [-0.3, -0.25) is 0 Å². The molecule has 0 saturated heterocycles. The Morgan fingerprint density at radius 3 is 2.34 bits per heavy atom. The highest BCUT2D eigenvalue weighted by atomic mass is 35.5. The third-order valence-electron chi connectivity index (χ3n) is 6.10. The van der Waals surface area contributed by atoms with Gasteiger partial charge in [0.15, 0.2) is 5.82 Å². The minimum atomic E-state index is 0.136. The van der Waals surface area contributed by atoms with Gasteiger partial charge in [-0.2, -0.15) is 0 Å². The van der Waals surface area contributed by atoms with Crippen LogP contribution in [0.2, 0.25) is 0 Å². The molecule has 1 unspecified atom stereocenters. The molecule has 1 saturated carbocycles. The molecule has 0 bridgehead atoms. The lowest BCUT2D eigenvalue weighted by Crippen LogP contribution is -2.14. The van der Waals surface area contributed by atoms with Crippen LogP contribution in [0.5, 0.6) is 5.75 Å². The molecule has 0 aliphatic heterocycles. The van der Waals surface area contributed by atoms with Crippen LogP contribution in [0.15, 0.2) is 36.7 Å². The summed E-state index contributed by atoms with van der Waals surface area (Å²) in [5, 5.41) is 0.136. The molecule has 158 valence electrons. The van der Waals surface area contributed by atoms with Crippen LogP contribution in [0.25, 0.3) is 11.4 Å². The Bertz CT molecular complexity index is 707. The van der Waals surface area contributed by atoms with Crippen molar-refractivity contribution in [3.63, 3.8) is 0 Å². The Hall–Kier alpha value is -1.61. The molecule has 4 heteroatoms. The lowest BCUT2D eigenvalue weighted by molar-refractivity contribution is 0.302. The highest BCUT2D eigenvalue weighted by Crippen LogP contribution is 2.37. The van der Waals surface area contributed by atoms with Gasteiger partial charge in [-0.05, 0) is 80.7 Å². The monoisotopic (exact) mass is 414 g/mol. The molecular weight excluding hydrogens is 380 g/mol. The van der Waals surface area contributed by atoms with Gasteiger partial charge in [0, 0.05) is 23.3 Å². The number of ether oxygens (including phenoxy) is 1. The predicted molar refractivity (Wildman–Crippen MR) is 122 cm³/mol. The first-order chi connectivity index (χ1) is 14.2. The van der Waals surface area contributed by atoms with Gasteiger partial charge in [-0.25, -0.2) is 9.97 Å². The molecule has 1 atom stereocenters. The van der Waals surface area contributed by atoms with Gasteiger partial charge in [0.25, 0.3) is 0 Å². The molecule has 0 radical (unpaired) electrons. The summed E-state index contributed by atoms with van der Waals surface area (Å²) in [6.45, 7) is 4.90. The number of benzene rings is 1. The van der Waals surface area contributed by atoms with Gasteiger partial charge >= 0.3 is 0 Å². The predicted octanol–water partition coefficient (Wildman–Crippen LogP) is 7.39. The number of aromatic nitrogens is 2. The second-order valence-electron chi connectivity index (χ2n) is 8.50. The number of halogens is 1. The zero-order chi connectivity index (χ0) is 20.5. The molecule has 1 heterocycles. The average molecular weight is 415 g/mol. The quantitative estimate of drug-likeness (QED) is 0.300. The summed E-state index contributed by atoms with van der Waals surface area (Å²) in [6, 6.07) is 8.00. The molecule has 1 aromatic carbocycles. The first-order valence-electron chi connectivity index (χ1n) is 11.3. The summed E-state index contributed by atoms with van der Waals surface area (Å²) in [7, 11) is 0.